The summed E-state index contributed by atoms with van der Waals surface area (Å²) >= 11 is 0. The molecule has 3 heteroatoms. The van der Waals surface area contributed by atoms with E-state index >= 15 is 0 Å². The summed E-state index contributed by atoms with van der Waals surface area (Å²) < 4.78 is 0. The molecular weight excluding hydrogens is 200 g/mol. The van der Waals surface area contributed by atoms with Crippen LogP contribution in [-0.2, 0) is 0 Å². The Bertz CT molecular complexity index is 295. The van der Waals surface area contributed by atoms with Crippen LogP contribution in [0.4, 0.5) is 5.69 Å². The molecule has 1 aromatic carbocycles. The number of benzene rings is 1. The fraction of sp³-hybridized carbons (Fsp3) is 0.538. The van der Waals surface area contributed by atoms with E-state index in [0.717, 1.165) is 5.69 Å². The Hall–Kier alpha value is -1.06. The molecule has 1 rings (SSSR count). The lowest BCUT2D eigenvalue weighted by Gasteiger charge is -2.12. The second-order valence-electron chi connectivity index (χ2n) is 4.39. The van der Waals surface area contributed by atoms with Gasteiger partial charge in [-0.2, -0.15) is 0 Å². The molecule has 3 nitrogen and oxygen atoms in total. The van der Waals surface area contributed by atoms with Gasteiger partial charge in [0.2, 0.25) is 0 Å². The van der Waals surface area contributed by atoms with Crippen LogP contribution in [0.25, 0.3) is 0 Å². The zero-order chi connectivity index (χ0) is 12.0. The van der Waals surface area contributed by atoms with Gasteiger partial charge < -0.3 is 16.2 Å². The normalized spacial score (nSPS) is 12.8. The van der Waals surface area contributed by atoms with Gasteiger partial charge in [-0.25, -0.2) is 0 Å². The highest BCUT2D eigenvalue weighted by molar-refractivity contribution is 5.45. The predicted octanol–water partition coefficient (Wildman–Crippen LogP) is 1.93. The van der Waals surface area contributed by atoms with Gasteiger partial charge in [-0.1, -0.05) is 26.0 Å². The lowest BCUT2D eigenvalue weighted by molar-refractivity contribution is 0.180. The molecule has 90 valence electrons. The molecule has 0 aliphatic heterocycles. The van der Waals surface area contributed by atoms with Crippen molar-refractivity contribution in [2.45, 2.75) is 32.3 Å². The molecule has 16 heavy (non-hydrogen) atoms. The van der Waals surface area contributed by atoms with Gasteiger partial charge in [0.05, 0.1) is 6.10 Å². The molecule has 0 amide bonds. The second-order valence-corrected chi connectivity index (χ2v) is 4.39. The average molecular weight is 222 g/mol. The zero-order valence-corrected chi connectivity index (χ0v) is 10.1. The van der Waals surface area contributed by atoms with E-state index in [9.17, 15) is 5.11 Å². The van der Waals surface area contributed by atoms with Crippen LogP contribution in [0.1, 0.15) is 31.7 Å². The summed E-state index contributed by atoms with van der Waals surface area (Å²) in [6.45, 7) is 5.42. The van der Waals surface area contributed by atoms with Gasteiger partial charge in [0.1, 0.15) is 0 Å². The topological polar surface area (TPSA) is 58.3 Å². The van der Waals surface area contributed by atoms with Gasteiger partial charge in [-0.3, -0.25) is 0 Å². The van der Waals surface area contributed by atoms with Crippen LogP contribution in [0.3, 0.4) is 0 Å². The summed E-state index contributed by atoms with van der Waals surface area (Å²) in [5.74, 6) is 0.553. The van der Waals surface area contributed by atoms with Gasteiger partial charge in [0.25, 0.3) is 0 Å². The first-order chi connectivity index (χ1) is 7.63. The van der Waals surface area contributed by atoms with Crippen LogP contribution in [-0.4, -0.2) is 24.3 Å². The van der Waals surface area contributed by atoms with Gasteiger partial charge in [-0.05, 0) is 36.6 Å². The summed E-state index contributed by atoms with van der Waals surface area (Å²) in [5, 5.41) is 12.7. The van der Waals surface area contributed by atoms with Crippen molar-refractivity contribution in [1.29, 1.82) is 0 Å². The molecule has 0 radical (unpaired) electrons. The molecule has 0 saturated heterocycles. The minimum atomic E-state index is -0.366. The zero-order valence-electron chi connectivity index (χ0n) is 10.1. The molecule has 0 spiro atoms. The Balaban J connectivity index is 2.43. The fourth-order valence-electron chi connectivity index (χ4n) is 1.52. The average Bonchev–Trinajstić information content (AvgIpc) is 2.27. The third-order valence-corrected chi connectivity index (χ3v) is 2.62. The highest BCUT2D eigenvalue weighted by Crippen LogP contribution is 2.17. The number of aliphatic hydroxyl groups excluding tert-OH is 1. The Kier molecular flexibility index (Phi) is 5.29. The first kappa shape index (κ1) is 13.0. The smallest absolute Gasteiger partial charge is 0.0724 e. The van der Waals surface area contributed by atoms with Crippen molar-refractivity contribution in [3.63, 3.8) is 0 Å². The molecule has 1 aromatic rings. The largest absolute Gasteiger partial charge is 0.391 e. The first-order valence-corrected chi connectivity index (χ1v) is 5.85. The van der Waals surface area contributed by atoms with Crippen LogP contribution >= 0.6 is 0 Å². The van der Waals surface area contributed by atoms with Crippen LogP contribution < -0.4 is 11.1 Å². The Morgan fingerprint density at radius 1 is 1.25 bits per heavy atom. The van der Waals surface area contributed by atoms with Crippen molar-refractivity contribution < 1.29 is 5.11 Å². The number of hydrogen-bond acceptors (Lipinski definition) is 3. The molecule has 0 aliphatic carbocycles. The summed E-state index contributed by atoms with van der Waals surface area (Å²) in [6.07, 6.45) is 0.270. The number of nitrogens with one attached hydrogen (secondary N) is 1. The number of aliphatic hydroxyl groups is 1. The standard InChI is InChI=1S/C13H22N2O/c1-10(2)11-3-5-12(6-4-11)15-9-13(16)7-8-14/h3-6,10,13,15-16H,7-9,14H2,1-2H3. The number of rotatable bonds is 6. The summed E-state index contributed by atoms with van der Waals surface area (Å²) in [6, 6.07) is 8.32. The van der Waals surface area contributed by atoms with Gasteiger partial charge >= 0.3 is 0 Å². The molecule has 1 atom stereocenters. The highest BCUT2D eigenvalue weighted by Gasteiger charge is 2.02. The van der Waals surface area contributed by atoms with Crippen molar-refractivity contribution >= 4 is 5.69 Å². The van der Waals surface area contributed by atoms with E-state index in [2.05, 4.69) is 31.3 Å². The summed E-state index contributed by atoms with van der Waals surface area (Å²) in [4.78, 5) is 0. The molecule has 0 aliphatic rings. The molecule has 4 N–H and O–H groups in total. The van der Waals surface area contributed by atoms with E-state index in [1.165, 1.54) is 5.56 Å². The minimum absolute atomic E-state index is 0.366. The molecule has 0 fully saturated rings. The maximum absolute atomic E-state index is 9.51. The molecule has 0 saturated carbocycles. The van der Waals surface area contributed by atoms with Gasteiger partial charge in [0, 0.05) is 12.2 Å². The number of nitrogens with two attached hydrogens (primary N) is 1. The molecular formula is C13H22N2O. The van der Waals surface area contributed by atoms with E-state index in [0.29, 0.717) is 25.4 Å². The summed E-state index contributed by atoms with van der Waals surface area (Å²) in [7, 11) is 0. The van der Waals surface area contributed by atoms with Crippen molar-refractivity contribution in [2.75, 3.05) is 18.4 Å². The van der Waals surface area contributed by atoms with Gasteiger partial charge in [0.15, 0.2) is 0 Å². The van der Waals surface area contributed by atoms with Gasteiger partial charge in [-0.15, -0.1) is 0 Å². The van der Waals surface area contributed by atoms with Crippen molar-refractivity contribution in [3.8, 4) is 0 Å². The molecule has 0 bridgehead atoms. The van der Waals surface area contributed by atoms with E-state index < -0.39 is 0 Å². The molecule has 0 aromatic heterocycles. The molecule has 1 unspecified atom stereocenters. The third-order valence-electron chi connectivity index (χ3n) is 2.62. The fourth-order valence-corrected chi connectivity index (χ4v) is 1.52. The van der Waals surface area contributed by atoms with E-state index in [1.54, 1.807) is 0 Å². The SMILES string of the molecule is CC(C)c1ccc(NCC(O)CCN)cc1. The third kappa shape index (κ3) is 4.21. The Morgan fingerprint density at radius 2 is 1.88 bits per heavy atom. The highest BCUT2D eigenvalue weighted by atomic mass is 16.3. The Morgan fingerprint density at radius 3 is 2.38 bits per heavy atom. The lowest BCUT2D eigenvalue weighted by atomic mass is 10.0. The first-order valence-electron chi connectivity index (χ1n) is 5.85. The van der Waals surface area contributed by atoms with Crippen LogP contribution in [0.15, 0.2) is 24.3 Å². The van der Waals surface area contributed by atoms with Crippen molar-refractivity contribution in [1.82, 2.24) is 0 Å². The second kappa shape index (κ2) is 6.51. The van der Waals surface area contributed by atoms with Crippen molar-refractivity contribution in [3.05, 3.63) is 29.8 Å². The predicted molar refractivity (Wildman–Crippen MR) is 68.7 cm³/mol. The van der Waals surface area contributed by atoms with E-state index in [4.69, 9.17) is 5.73 Å². The monoisotopic (exact) mass is 222 g/mol. The van der Waals surface area contributed by atoms with E-state index in [-0.39, 0.29) is 6.10 Å². The van der Waals surface area contributed by atoms with Crippen molar-refractivity contribution in [2.24, 2.45) is 5.73 Å². The maximum Gasteiger partial charge on any atom is 0.0724 e. The number of hydrogen-bond donors (Lipinski definition) is 3. The van der Waals surface area contributed by atoms with Crippen LogP contribution in [0, 0.1) is 0 Å². The lowest BCUT2D eigenvalue weighted by Crippen LogP contribution is -2.22. The van der Waals surface area contributed by atoms with Crippen LogP contribution in [0.5, 0.6) is 0 Å². The quantitative estimate of drug-likeness (QED) is 0.689. The summed E-state index contributed by atoms with van der Waals surface area (Å²) in [5.41, 5.74) is 7.73. The van der Waals surface area contributed by atoms with Crippen LogP contribution in [0.2, 0.25) is 0 Å². The van der Waals surface area contributed by atoms with E-state index in [1.807, 2.05) is 12.1 Å². The maximum atomic E-state index is 9.51. The minimum Gasteiger partial charge on any atom is -0.391 e. The Labute approximate surface area is 97.7 Å². The molecule has 0 heterocycles. The number of anilines is 1.